The van der Waals surface area contributed by atoms with E-state index in [0.29, 0.717) is 5.56 Å². The fraction of sp³-hybridized carbons (Fsp3) is 0.600. The Labute approximate surface area is 181 Å². The van der Waals surface area contributed by atoms with Gasteiger partial charge in [0.25, 0.3) is 0 Å². The van der Waals surface area contributed by atoms with Gasteiger partial charge in [0.15, 0.2) is 11.0 Å². The summed E-state index contributed by atoms with van der Waals surface area (Å²) in [6.07, 6.45) is -6.28. The molecular weight excluding hydrogens is 513 g/mol. The van der Waals surface area contributed by atoms with E-state index in [2.05, 4.69) is 18.1 Å². The summed E-state index contributed by atoms with van der Waals surface area (Å²) in [5.74, 6) is 0. The van der Waals surface area contributed by atoms with Crippen LogP contribution in [0.25, 0.3) is 0 Å². The van der Waals surface area contributed by atoms with Crippen molar-refractivity contribution in [1.29, 1.82) is 0 Å². The Bertz CT molecular complexity index is 1140. The van der Waals surface area contributed by atoms with Crippen LogP contribution in [-0.2, 0) is 31.6 Å². The summed E-state index contributed by atoms with van der Waals surface area (Å²) in [4.78, 5) is 38.3. The van der Waals surface area contributed by atoms with Crippen LogP contribution in [0, 0.1) is 16.3 Å². The Hall–Kier alpha value is -0.190. The highest BCUT2D eigenvalue weighted by atomic mass is 32.1. The first-order chi connectivity index (χ1) is 14.2. The van der Waals surface area contributed by atoms with Crippen LogP contribution in [0.2, 0.25) is 0 Å². The van der Waals surface area contributed by atoms with Crippen LogP contribution in [0.1, 0.15) is 14.5 Å². The number of hydrogen-bond donors (Lipinski definition) is 7. The molecule has 30 heavy (non-hydrogen) atoms. The van der Waals surface area contributed by atoms with E-state index in [1.54, 1.807) is 6.92 Å². The van der Waals surface area contributed by atoms with Crippen molar-refractivity contribution in [3.63, 3.8) is 0 Å². The zero-order chi connectivity index (χ0) is 24.9. The van der Waals surface area contributed by atoms with E-state index in [-0.39, 0.29) is 9.41 Å². The summed E-state index contributed by atoms with van der Waals surface area (Å²) >= 11 is 10.1. The minimum atomic E-state index is -5.91. The Morgan fingerprint density at radius 1 is 1.17 bits per heavy atom. The smallest absolute Gasteiger partial charge is 0.387 e. The summed E-state index contributed by atoms with van der Waals surface area (Å²) in [7, 11) is -17.5. The number of aliphatic hydroxyl groups excluding tert-OH is 2. The molecule has 0 amide bonds. The molecule has 3 unspecified atom stereocenters. The number of hydrogen-bond acceptors (Lipinski definition) is 11. The minimum absolute atomic E-state index is 0.0778. The van der Waals surface area contributed by atoms with Crippen molar-refractivity contribution in [2.45, 2.75) is 31.5 Å². The quantitative estimate of drug-likeness (QED) is 0.179. The van der Waals surface area contributed by atoms with Gasteiger partial charge < -0.3 is 39.5 Å². The van der Waals surface area contributed by atoms with Gasteiger partial charge in [0.1, 0.15) is 23.0 Å². The minimum Gasteiger partial charge on any atom is -0.387 e. The van der Waals surface area contributed by atoms with Crippen LogP contribution in [0.15, 0.2) is 6.20 Å². The summed E-state index contributed by atoms with van der Waals surface area (Å²) in [5.41, 5.74) is 0.471. The standard InChI is InChI=1S/C10H17N2O13P3S2/c1-4-2-12(10(30)11-8(4)29)9-7(14)6(13)5(23-9)3-22-27(18,19)25-28(20,21)24-26(15,16)17/h2,5-7,9,13-14H,3H2,1H3,(H,18,19)(H,20,21)(H,11,29,30)(H2,15,16,17)/t5-,6?,7+,9-/m0/s1/i3D2. The number of nitrogens with one attached hydrogen (secondary N) is 1. The molecule has 15 nitrogen and oxygen atoms in total. The molecule has 1 aromatic heterocycles. The first-order valence-corrected chi connectivity index (χ1v) is 12.8. The maximum Gasteiger partial charge on any atom is 0.490 e. The van der Waals surface area contributed by atoms with Gasteiger partial charge in [0.2, 0.25) is 0 Å². The number of aromatic nitrogens is 2. The van der Waals surface area contributed by atoms with Crippen molar-refractivity contribution in [3.05, 3.63) is 21.2 Å². The van der Waals surface area contributed by atoms with Gasteiger partial charge in [-0.05, 0) is 19.1 Å². The van der Waals surface area contributed by atoms with Gasteiger partial charge >= 0.3 is 23.5 Å². The number of nitrogens with zero attached hydrogens (tertiary/aromatic N) is 1. The molecule has 0 spiro atoms. The van der Waals surface area contributed by atoms with Crippen LogP contribution in [0.4, 0.5) is 0 Å². The van der Waals surface area contributed by atoms with Crippen molar-refractivity contribution >= 4 is 47.9 Å². The van der Waals surface area contributed by atoms with Crippen molar-refractivity contribution in [2.24, 2.45) is 0 Å². The van der Waals surface area contributed by atoms with E-state index in [4.69, 9.17) is 46.6 Å². The fourth-order valence-electron chi connectivity index (χ4n) is 2.18. The molecule has 172 valence electrons. The predicted octanol–water partition coefficient (Wildman–Crippen LogP) is 0.546. The summed E-state index contributed by atoms with van der Waals surface area (Å²) in [6.45, 7) is -1.89. The van der Waals surface area contributed by atoms with Gasteiger partial charge in [-0.3, -0.25) is 9.09 Å². The Kier molecular flexibility index (Phi) is 7.17. The molecule has 1 aliphatic rings. The van der Waals surface area contributed by atoms with Crippen LogP contribution >= 0.6 is 47.9 Å². The highest BCUT2D eigenvalue weighted by molar-refractivity contribution is 7.72. The molecular formula is C10H17N2O13P3S2. The average Bonchev–Trinajstić information content (AvgIpc) is 2.82. The molecule has 0 aromatic carbocycles. The number of ether oxygens (including phenoxy) is 1. The van der Waals surface area contributed by atoms with Gasteiger partial charge in [0.05, 0.1) is 9.30 Å². The summed E-state index contributed by atoms with van der Waals surface area (Å²) in [6, 6.07) is 0. The lowest BCUT2D eigenvalue weighted by atomic mass is 10.1. The van der Waals surface area contributed by atoms with E-state index in [0.717, 1.165) is 4.57 Å². The molecule has 20 heteroatoms. The lowest BCUT2D eigenvalue weighted by Crippen LogP contribution is -2.33. The zero-order valence-electron chi connectivity index (χ0n) is 16.5. The molecule has 0 aliphatic carbocycles. The van der Waals surface area contributed by atoms with E-state index in [9.17, 15) is 28.8 Å². The van der Waals surface area contributed by atoms with Gasteiger partial charge in [-0.2, -0.15) is 8.62 Å². The third kappa shape index (κ3) is 6.90. The first kappa shape index (κ1) is 23.0. The van der Waals surface area contributed by atoms with E-state index < -0.39 is 54.6 Å². The molecule has 1 fully saturated rings. The average molecular weight is 532 g/mol. The maximum atomic E-state index is 11.9. The van der Waals surface area contributed by atoms with Crippen molar-refractivity contribution < 1.29 is 64.1 Å². The third-order valence-corrected chi connectivity index (χ3v) is 7.76. The van der Waals surface area contributed by atoms with E-state index >= 15 is 0 Å². The lowest BCUT2D eigenvalue weighted by Gasteiger charge is -2.19. The van der Waals surface area contributed by atoms with Gasteiger partial charge in [0, 0.05) is 11.8 Å². The molecule has 6 atom stereocenters. The van der Waals surface area contributed by atoms with Gasteiger partial charge in [-0.1, -0.05) is 12.2 Å². The van der Waals surface area contributed by atoms with Crippen molar-refractivity contribution in [2.75, 3.05) is 6.56 Å². The number of H-pyrrole nitrogens is 1. The van der Waals surface area contributed by atoms with E-state index in [1.165, 1.54) is 6.20 Å². The van der Waals surface area contributed by atoms with Crippen LogP contribution < -0.4 is 0 Å². The number of aliphatic hydroxyl groups is 2. The topological polar surface area (TPSA) is 230 Å². The SMILES string of the molecule is [2H]C([2H])(OP(=O)(O)OP(=O)(O)OP(=O)(O)O)[C@@H]1O[C@H](n2cc(C)c(=S)[nH]c2=S)[C@H](O)C1O. The third-order valence-electron chi connectivity index (χ3n) is 3.36. The maximum absolute atomic E-state index is 11.9. The highest BCUT2D eigenvalue weighted by Crippen LogP contribution is 2.66. The zero-order valence-corrected chi connectivity index (χ0v) is 18.8. The van der Waals surface area contributed by atoms with E-state index in [1.807, 2.05) is 0 Å². The van der Waals surface area contributed by atoms with Gasteiger partial charge in [-0.25, -0.2) is 13.7 Å². The van der Waals surface area contributed by atoms with Crippen LogP contribution in [0.5, 0.6) is 0 Å². The fourth-order valence-corrected chi connectivity index (χ4v) is 5.53. The number of aromatic amines is 1. The monoisotopic (exact) mass is 532 g/mol. The molecule has 0 radical (unpaired) electrons. The molecule has 0 bridgehead atoms. The molecule has 2 heterocycles. The molecule has 7 N–H and O–H groups in total. The highest BCUT2D eigenvalue weighted by Gasteiger charge is 2.46. The summed E-state index contributed by atoms with van der Waals surface area (Å²) < 4.78 is 67.2. The summed E-state index contributed by atoms with van der Waals surface area (Å²) in [5, 5.41) is 20.5. The molecule has 1 aliphatic heterocycles. The first-order valence-electron chi connectivity index (χ1n) is 8.43. The second-order valence-corrected chi connectivity index (χ2v) is 10.8. The Morgan fingerprint density at radius 2 is 1.77 bits per heavy atom. The molecule has 1 saturated heterocycles. The van der Waals surface area contributed by atoms with Crippen LogP contribution in [-0.4, -0.2) is 64.2 Å². The van der Waals surface area contributed by atoms with Crippen molar-refractivity contribution in [1.82, 2.24) is 9.55 Å². The molecule has 2 rings (SSSR count). The normalized spacial score (nSPS) is 30.2. The molecule has 1 aromatic rings. The Balaban J connectivity index is 2.27. The number of aryl methyl sites for hydroxylation is 1. The van der Waals surface area contributed by atoms with Crippen LogP contribution in [0.3, 0.4) is 0 Å². The number of rotatable bonds is 8. The molecule has 0 saturated carbocycles. The largest absolute Gasteiger partial charge is 0.490 e. The predicted molar refractivity (Wildman–Crippen MR) is 101 cm³/mol. The second-order valence-electron chi connectivity index (χ2n) is 5.71. The Morgan fingerprint density at radius 3 is 2.33 bits per heavy atom. The number of phosphoric ester groups is 1. The number of phosphoric acid groups is 3. The second kappa shape index (κ2) is 9.35. The van der Waals surface area contributed by atoms with Crippen molar-refractivity contribution in [3.8, 4) is 0 Å². The lowest BCUT2D eigenvalue weighted by molar-refractivity contribution is -0.0533. The van der Waals surface area contributed by atoms with Gasteiger partial charge in [-0.15, -0.1) is 0 Å².